The van der Waals surface area contributed by atoms with Gasteiger partial charge in [-0.3, -0.25) is 10.1 Å². The van der Waals surface area contributed by atoms with E-state index in [9.17, 15) is 10.1 Å². The molecule has 0 amide bonds. The van der Waals surface area contributed by atoms with Gasteiger partial charge in [0.25, 0.3) is 5.69 Å². The summed E-state index contributed by atoms with van der Waals surface area (Å²) < 4.78 is 0. The van der Waals surface area contributed by atoms with Gasteiger partial charge in [-0.2, -0.15) is 0 Å². The maximum absolute atomic E-state index is 11.1. The van der Waals surface area contributed by atoms with Crippen molar-refractivity contribution in [3.05, 3.63) is 33.9 Å². The number of hydrogen-bond donors (Lipinski definition) is 2. The van der Waals surface area contributed by atoms with E-state index in [4.69, 9.17) is 5.11 Å². The second kappa shape index (κ2) is 6.02. The van der Waals surface area contributed by atoms with Crippen LogP contribution < -0.4 is 5.32 Å². The first-order valence-corrected chi connectivity index (χ1v) is 6.75. The number of benzene rings is 1. The summed E-state index contributed by atoms with van der Waals surface area (Å²) in [6, 6.07) is 5.35. The summed E-state index contributed by atoms with van der Waals surface area (Å²) in [5, 5.41) is 23.5. The summed E-state index contributed by atoms with van der Waals surface area (Å²) in [5.41, 5.74) is 1.65. The predicted octanol–water partition coefficient (Wildman–Crippen LogP) is 2.87. The standard InChI is InChI=1S/C14H20N2O3/c1-10-4-2-7-13(16(18)19)14(10)15-12-6-3-5-11(12)8-9-17/h2,4,7,11-12,15,17H,3,5-6,8-9H2,1H3. The predicted molar refractivity (Wildman–Crippen MR) is 74.3 cm³/mol. The molecule has 2 unspecified atom stereocenters. The van der Waals surface area contributed by atoms with Crippen molar-refractivity contribution >= 4 is 11.4 Å². The zero-order valence-corrected chi connectivity index (χ0v) is 11.1. The van der Waals surface area contributed by atoms with Gasteiger partial charge in [0.15, 0.2) is 0 Å². The Morgan fingerprint density at radius 3 is 2.95 bits per heavy atom. The number of rotatable bonds is 5. The zero-order valence-electron chi connectivity index (χ0n) is 11.1. The SMILES string of the molecule is Cc1cccc([N+](=O)[O-])c1NC1CCCC1CCO. The van der Waals surface area contributed by atoms with Crippen LogP contribution in [0.4, 0.5) is 11.4 Å². The molecular formula is C14H20N2O3. The normalized spacial score (nSPS) is 22.4. The molecule has 1 aromatic carbocycles. The molecule has 5 nitrogen and oxygen atoms in total. The quantitative estimate of drug-likeness (QED) is 0.633. The number of para-hydroxylation sites is 1. The lowest BCUT2D eigenvalue weighted by atomic mass is 9.99. The van der Waals surface area contributed by atoms with Gasteiger partial charge in [0.1, 0.15) is 5.69 Å². The van der Waals surface area contributed by atoms with Gasteiger partial charge in [0.05, 0.1) is 4.92 Å². The molecule has 2 atom stereocenters. The number of hydrogen-bond acceptors (Lipinski definition) is 4. The summed E-state index contributed by atoms with van der Waals surface area (Å²) in [6.07, 6.45) is 3.97. The minimum Gasteiger partial charge on any atom is -0.396 e. The van der Waals surface area contributed by atoms with E-state index >= 15 is 0 Å². The fourth-order valence-electron chi connectivity index (χ4n) is 2.92. The molecule has 104 valence electrons. The van der Waals surface area contributed by atoms with Gasteiger partial charge in [-0.1, -0.05) is 18.6 Å². The van der Waals surface area contributed by atoms with Crippen molar-refractivity contribution < 1.29 is 10.0 Å². The molecule has 0 saturated heterocycles. The van der Waals surface area contributed by atoms with Crippen LogP contribution in [0.15, 0.2) is 18.2 Å². The number of nitrogens with one attached hydrogen (secondary N) is 1. The van der Waals surface area contributed by atoms with E-state index in [2.05, 4.69) is 5.32 Å². The maximum Gasteiger partial charge on any atom is 0.292 e. The first kappa shape index (κ1) is 13.8. The van der Waals surface area contributed by atoms with Crippen molar-refractivity contribution in [2.45, 2.75) is 38.6 Å². The van der Waals surface area contributed by atoms with E-state index in [1.54, 1.807) is 6.07 Å². The summed E-state index contributed by atoms with van der Waals surface area (Å²) >= 11 is 0. The van der Waals surface area contributed by atoms with E-state index in [1.807, 2.05) is 13.0 Å². The molecule has 1 fully saturated rings. The van der Waals surface area contributed by atoms with Crippen molar-refractivity contribution in [2.24, 2.45) is 5.92 Å². The molecule has 0 aromatic heterocycles. The van der Waals surface area contributed by atoms with Gasteiger partial charge in [0.2, 0.25) is 0 Å². The van der Waals surface area contributed by atoms with E-state index in [-0.39, 0.29) is 23.3 Å². The van der Waals surface area contributed by atoms with Crippen LogP contribution in [-0.4, -0.2) is 22.7 Å². The molecular weight excluding hydrogens is 244 g/mol. The Morgan fingerprint density at radius 2 is 2.26 bits per heavy atom. The highest BCUT2D eigenvalue weighted by atomic mass is 16.6. The minimum atomic E-state index is -0.342. The third-order valence-electron chi connectivity index (χ3n) is 3.94. The molecule has 0 aliphatic heterocycles. The number of anilines is 1. The minimum absolute atomic E-state index is 0.134. The monoisotopic (exact) mass is 264 g/mol. The molecule has 0 spiro atoms. The van der Waals surface area contributed by atoms with Crippen molar-refractivity contribution in [3.63, 3.8) is 0 Å². The van der Waals surface area contributed by atoms with Gasteiger partial charge in [-0.25, -0.2) is 0 Å². The van der Waals surface area contributed by atoms with Crippen LogP contribution >= 0.6 is 0 Å². The molecule has 1 aliphatic rings. The summed E-state index contributed by atoms with van der Waals surface area (Å²) in [4.78, 5) is 10.7. The molecule has 0 bridgehead atoms. The van der Waals surface area contributed by atoms with E-state index in [0.717, 1.165) is 31.2 Å². The largest absolute Gasteiger partial charge is 0.396 e. The van der Waals surface area contributed by atoms with Crippen molar-refractivity contribution in [3.8, 4) is 0 Å². The van der Waals surface area contributed by atoms with E-state index in [0.29, 0.717) is 11.6 Å². The van der Waals surface area contributed by atoms with Gasteiger partial charge < -0.3 is 10.4 Å². The van der Waals surface area contributed by atoms with Crippen LogP contribution in [0, 0.1) is 23.0 Å². The summed E-state index contributed by atoms with van der Waals surface area (Å²) in [5.74, 6) is 0.407. The lowest BCUT2D eigenvalue weighted by Crippen LogP contribution is -2.25. The van der Waals surface area contributed by atoms with Crippen LogP contribution in [0.2, 0.25) is 0 Å². The van der Waals surface area contributed by atoms with Crippen LogP contribution in [0.5, 0.6) is 0 Å². The Bertz CT molecular complexity index is 462. The van der Waals surface area contributed by atoms with Gasteiger partial charge in [0, 0.05) is 18.7 Å². The molecule has 2 N–H and O–H groups in total. The van der Waals surface area contributed by atoms with Crippen LogP contribution in [0.1, 0.15) is 31.2 Å². The topological polar surface area (TPSA) is 75.4 Å². The number of nitro groups is 1. The molecule has 1 aromatic rings. The lowest BCUT2D eigenvalue weighted by molar-refractivity contribution is -0.384. The van der Waals surface area contributed by atoms with Crippen LogP contribution in [0.25, 0.3) is 0 Å². The molecule has 2 rings (SSSR count). The number of aliphatic hydroxyl groups is 1. The number of aryl methyl sites for hydroxylation is 1. The van der Waals surface area contributed by atoms with Gasteiger partial charge in [-0.15, -0.1) is 0 Å². The van der Waals surface area contributed by atoms with Crippen LogP contribution in [0.3, 0.4) is 0 Å². The Morgan fingerprint density at radius 1 is 1.47 bits per heavy atom. The third-order valence-corrected chi connectivity index (χ3v) is 3.94. The molecule has 5 heteroatoms. The molecule has 1 aliphatic carbocycles. The van der Waals surface area contributed by atoms with Crippen molar-refractivity contribution in [2.75, 3.05) is 11.9 Å². The van der Waals surface area contributed by atoms with Crippen molar-refractivity contribution in [1.29, 1.82) is 0 Å². The third kappa shape index (κ3) is 3.04. The second-order valence-electron chi connectivity index (χ2n) is 5.18. The lowest BCUT2D eigenvalue weighted by Gasteiger charge is -2.22. The molecule has 1 saturated carbocycles. The highest BCUT2D eigenvalue weighted by Crippen LogP contribution is 2.35. The number of aliphatic hydroxyl groups excluding tert-OH is 1. The molecule has 0 radical (unpaired) electrons. The van der Waals surface area contributed by atoms with Crippen molar-refractivity contribution in [1.82, 2.24) is 0 Å². The van der Waals surface area contributed by atoms with Gasteiger partial charge in [-0.05, 0) is 37.7 Å². The van der Waals surface area contributed by atoms with E-state index < -0.39 is 0 Å². The maximum atomic E-state index is 11.1. The average molecular weight is 264 g/mol. The Kier molecular flexibility index (Phi) is 4.37. The molecule has 19 heavy (non-hydrogen) atoms. The highest BCUT2D eigenvalue weighted by Gasteiger charge is 2.28. The Hall–Kier alpha value is -1.62. The smallest absolute Gasteiger partial charge is 0.292 e. The second-order valence-corrected chi connectivity index (χ2v) is 5.18. The fourth-order valence-corrected chi connectivity index (χ4v) is 2.92. The number of nitro benzene ring substituents is 1. The first-order chi connectivity index (χ1) is 9.13. The highest BCUT2D eigenvalue weighted by molar-refractivity contribution is 5.66. The van der Waals surface area contributed by atoms with Gasteiger partial charge >= 0.3 is 0 Å². The van der Waals surface area contributed by atoms with Crippen LogP contribution in [-0.2, 0) is 0 Å². The Balaban J connectivity index is 2.20. The Labute approximate surface area is 112 Å². The molecule has 0 heterocycles. The summed E-state index contributed by atoms with van der Waals surface area (Å²) in [6.45, 7) is 2.06. The fraction of sp³-hybridized carbons (Fsp3) is 0.571. The summed E-state index contributed by atoms with van der Waals surface area (Å²) in [7, 11) is 0. The number of nitrogens with zero attached hydrogens (tertiary/aromatic N) is 1. The van der Waals surface area contributed by atoms with E-state index in [1.165, 1.54) is 6.07 Å². The first-order valence-electron chi connectivity index (χ1n) is 6.75. The average Bonchev–Trinajstić information content (AvgIpc) is 2.79. The zero-order chi connectivity index (χ0) is 13.8.